The highest BCUT2D eigenvalue weighted by atomic mass is 16.2. The molecule has 0 fully saturated rings. The minimum atomic E-state index is 0.124. The van der Waals surface area contributed by atoms with Gasteiger partial charge in [0.15, 0.2) is 0 Å². The maximum atomic E-state index is 8.81. The molecule has 1 aliphatic carbocycles. The van der Waals surface area contributed by atoms with Crippen molar-refractivity contribution < 1.29 is 5.11 Å². The predicted octanol–water partition coefficient (Wildman–Crippen LogP) is 3.86. The molecule has 1 rings (SSSR count). The van der Waals surface area contributed by atoms with Gasteiger partial charge >= 0.3 is 0 Å². The molecule has 1 aliphatic rings. The van der Waals surface area contributed by atoms with Crippen molar-refractivity contribution >= 4 is 0 Å². The number of rotatable bonds is 3. The maximum absolute atomic E-state index is 8.81. The van der Waals surface area contributed by atoms with Crippen LogP contribution in [0.1, 0.15) is 40.5 Å². The highest BCUT2D eigenvalue weighted by molar-refractivity contribution is 5.24. The Kier molecular flexibility index (Phi) is 4.55. The molecule has 1 nitrogen and oxygen atoms in total. The smallest absolute Gasteiger partial charge is 0.0617 e. The van der Waals surface area contributed by atoms with E-state index in [1.807, 2.05) is 13.0 Å². The zero-order chi connectivity index (χ0) is 12.2. The molecule has 0 aliphatic heterocycles. The number of aliphatic hydroxyl groups excluding tert-OH is 1. The monoisotopic (exact) mass is 220 g/mol. The first-order chi connectivity index (χ1) is 7.47. The molecule has 0 aromatic rings. The van der Waals surface area contributed by atoms with E-state index in [0.29, 0.717) is 11.3 Å². The third-order valence-electron chi connectivity index (χ3n) is 3.55. The van der Waals surface area contributed by atoms with Crippen LogP contribution in [0, 0.1) is 11.3 Å². The molecule has 0 aromatic carbocycles. The fraction of sp³-hybridized carbons (Fsp3) is 0.600. The summed E-state index contributed by atoms with van der Waals surface area (Å²) in [7, 11) is 0. The van der Waals surface area contributed by atoms with Crippen molar-refractivity contribution in [2.45, 2.75) is 40.5 Å². The van der Waals surface area contributed by atoms with Gasteiger partial charge in [-0.1, -0.05) is 49.3 Å². The van der Waals surface area contributed by atoms with E-state index in [1.165, 1.54) is 18.4 Å². The van der Waals surface area contributed by atoms with Crippen LogP contribution in [0.25, 0.3) is 0 Å². The van der Waals surface area contributed by atoms with Crippen LogP contribution < -0.4 is 0 Å². The maximum Gasteiger partial charge on any atom is 0.0617 e. The van der Waals surface area contributed by atoms with Crippen molar-refractivity contribution in [3.05, 3.63) is 35.5 Å². The normalized spacial score (nSPS) is 25.9. The molecule has 0 heterocycles. The summed E-state index contributed by atoms with van der Waals surface area (Å²) in [6, 6.07) is 0. The average molecular weight is 220 g/mol. The molecule has 0 radical (unpaired) electrons. The first-order valence-corrected chi connectivity index (χ1v) is 6.10. The second kappa shape index (κ2) is 5.49. The average Bonchev–Trinajstić information content (AvgIpc) is 2.16. The number of hydrogen-bond donors (Lipinski definition) is 1. The quantitative estimate of drug-likeness (QED) is 0.565. The fourth-order valence-electron chi connectivity index (χ4n) is 2.44. The van der Waals surface area contributed by atoms with Crippen molar-refractivity contribution in [2.75, 3.05) is 6.61 Å². The minimum absolute atomic E-state index is 0.124. The van der Waals surface area contributed by atoms with Crippen LogP contribution in [-0.2, 0) is 0 Å². The SMILES string of the molecule is CC1=CCCC(C)(C)C1/C=C/C(C)=C/CO. The Morgan fingerprint density at radius 2 is 2.25 bits per heavy atom. The highest BCUT2D eigenvalue weighted by Gasteiger charge is 2.30. The lowest BCUT2D eigenvalue weighted by atomic mass is 9.68. The van der Waals surface area contributed by atoms with Gasteiger partial charge in [0.1, 0.15) is 0 Å². The summed E-state index contributed by atoms with van der Waals surface area (Å²) in [5, 5.41) is 8.81. The van der Waals surface area contributed by atoms with E-state index in [4.69, 9.17) is 5.11 Å². The van der Waals surface area contributed by atoms with Crippen LogP contribution in [0.15, 0.2) is 35.5 Å². The van der Waals surface area contributed by atoms with Gasteiger partial charge in [-0.2, -0.15) is 0 Å². The first kappa shape index (κ1) is 13.2. The van der Waals surface area contributed by atoms with Crippen molar-refractivity contribution in [3.8, 4) is 0 Å². The molecule has 16 heavy (non-hydrogen) atoms. The molecule has 1 unspecified atom stereocenters. The van der Waals surface area contributed by atoms with Gasteiger partial charge < -0.3 is 5.11 Å². The molecule has 0 saturated carbocycles. The van der Waals surface area contributed by atoms with E-state index in [0.717, 1.165) is 5.57 Å². The van der Waals surface area contributed by atoms with Gasteiger partial charge in [0.25, 0.3) is 0 Å². The summed E-state index contributed by atoms with van der Waals surface area (Å²) in [4.78, 5) is 0. The van der Waals surface area contributed by atoms with Gasteiger partial charge in [0.05, 0.1) is 6.61 Å². The molecule has 0 saturated heterocycles. The molecule has 1 N–H and O–H groups in total. The molecule has 1 atom stereocenters. The summed E-state index contributed by atoms with van der Waals surface area (Å²) >= 11 is 0. The predicted molar refractivity (Wildman–Crippen MR) is 70.2 cm³/mol. The van der Waals surface area contributed by atoms with E-state index in [-0.39, 0.29) is 6.61 Å². The van der Waals surface area contributed by atoms with Gasteiger partial charge in [-0.05, 0) is 32.1 Å². The lowest BCUT2D eigenvalue weighted by Crippen LogP contribution is -2.26. The first-order valence-electron chi connectivity index (χ1n) is 6.10. The van der Waals surface area contributed by atoms with Gasteiger partial charge in [0.2, 0.25) is 0 Å². The van der Waals surface area contributed by atoms with Gasteiger partial charge in [-0.25, -0.2) is 0 Å². The molecule has 0 bridgehead atoms. The Hall–Kier alpha value is -0.820. The molecule has 0 spiro atoms. The Balaban J connectivity index is 2.81. The van der Waals surface area contributed by atoms with Crippen molar-refractivity contribution in [1.29, 1.82) is 0 Å². The fourth-order valence-corrected chi connectivity index (χ4v) is 2.44. The molecule has 0 amide bonds. The minimum Gasteiger partial charge on any atom is -0.392 e. The number of aliphatic hydroxyl groups is 1. The third kappa shape index (κ3) is 3.34. The second-order valence-electron chi connectivity index (χ2n) is 5.44. The highest BCUT2D eigenvalue weighted by Crippen LogP contribution is 2.41. The second-order valence-corrected chi connectivity index (χ2v) is 5.44. The van der Waals surface area contributed by atoms with E-state index < -0.39 is 0 Å². The van der Waals surface area contributed by atoms with E-state index in [2.05, 4.69) is 39.0 Å². The lowest BCUT2D eigenvalue weighted by molar-refractivity contribution is 0.255. The molecular formula is C15H24O. The molecule has 90 valence electrons. The van der Waals surface area contributed by atoms with Gasteiger partial charge in [0, 0.05) is 5.92 Å². The van der Waals surface area contributed by atoms with Crippen molar-refractivity contribution in [1.82, 2.24) is 0 Å². The largest absolute Gasteiger partial charge is 0.392 e. The van der Waals surface area contributed by atoms with E-state index >= 15 is 0 Å². The Labute approximate surface area is 99.6 Å². The van der Waals surface area contributed by atoms with Crippen LogP contribution in [0.3, 0.4) is 0 Å². The van der Waals surface area contributed by atoms with Gasteiger partial charge in [-0.3, -0.25) is 0 Å². The Bertz CT molecular complexity index is 318. The van der Waals surface area contributed by atoms with E-state index in [1.54, 1.807) is 0 Å². The van der Waals surface area contributed by atoms with Crippen LogP contribution in [0.4, 0.5) is 0 Å². The van der Waals surface area contributed by atoms with Crippen LogP contribution in [0.2, 0.25) is 0 Å². The molecule has 0 aromatic heterocycles. The Morgan fingerprint density at radius 1 is 1.56 bits per heavy atom. The summed E-state index contributed by atoms with van der Waals surface area (Å²) in [5.74, 6) is 0.531. The number of hydrogen-bond acceptors (Lipinski definition) is 1. The third-order valence-corrected chi connectivity index (χ3v) is 3.55. The summed E-state index contributed by atoms with van der Waals surface area (Å²) in [6.07, 6.45) is 11.1. The molecule has 1 heteroatoms. The van der Waals surface area contributed by atoms with Gasteiger partial charge in [-0.15, -0.1) is 0 Å². The van der Waals surface area contributed by atoms with E-state index in [9.17, 15) is 0 Å². The summed E-state index contributed by atoms with van der Waals surface area (Å²) < 4.78 is 0. The molecular weight excluding hydrogens is 196 g/mol. The zero-order valence-electron chi connectivity index (χ0n) is 11.0. The standard InChI is InChI=1S/C15H24O/c1-12(9-11-16)7-8-14-13(2)6-5-10-15(14,3)4/h6-9,14,16H,5,10-11H2,1-4H3/b8-7+,12-9+. The van der Waals surface area contributed by atoms with Crippen molar-refractivity contribution in [2.24, 2.45) is 11.3 Å². The summed E-state index contributed by atoms with van der Waals surface area (Å²) in [6.45, 7) is 9.05. The number of allylic oxidation sites excluding steroid dienone is 5. The van der Waals surface area contributed by atoms with Crippen molar-refractivity contribution in [3.63, 3.8) is 0 Å². The van der Waals surface area contributed by atoms with Crippen LogP contribution in [-0.4, -0.2) is 11.7 Å². The summed E-state index contributed by atoms with van der Waals surface area (Å²) in [5.41, 5.74) is 2.97. The van der Waals surface area contributed by atoms with Crippen LogP contribution in [0.5, 0.6) is 0 Å². The lowest BCUT2D eigenvalue weighted by Gasteiger charge is -2.36. The Morgan fingerprint density at radius 3 is 2.81 bits per heavy atom. The zero-order valence-corrected chi connectivity index (χ0v) is 11.0. The van der Waals surface area contributed by atoms with Crippen LogP contribution >= 0.6 is 0 Å². The topological polar surface area (TPSA) is 20.2 Å².